The fourth-order valence-electron chi connectivity index (χ4n) is 2.21. The first-order valence-corrected chi connectivity index (χ1v) is 7.46. The average molecular weight is 332 g/mol. The van der Waals surface area contributed by atoms with Crippen LogP contribution < -0.4 is 4.90 Å². The first-order chi connectivity index (χ1) is 9.61. The number of hydrogen-bond donors (Lipinski definition) is 0. The van der Waals surface area contributed by atoms with Crippen molar-refractivity contribution in [1.82, 2.24) is 0 Å². The van der Waals surface area contributed by atoms with E-state index in [0.717, 1.165) is 23.0 Å². The van der Waals surface area contributed by atoms with Gasteiger partial charge in [0.15, 0.2) is 6.29 Å². The third-order valence-electron chi connectivity index (χ3n) is 3.25. The van der Waals surface area contributed by atoms with Gasteiger partial charge in [0, 0.05) is 28.3 Å². The highest BCUT2D eigenvalue weighted by Crippen LogP contribution is 2.26. The predicted molar refractivity (Wildman–Crippen MR) is 87.3 cm³/mol. The number of rotatable bonds is 5. The third-order valence-corrected chi connectivity index (χ3v) is 3.74. The Bertz CT molecular complexity index is 581. The third kappa shape index (κ3) is 3.48. The molecule has 2 aromatic carbocycles. The van der Waals surface area contributed by atoms with Crippen LogP contribution in [0.4, 0.5) is 5.69 Å². The lowest BCUT2D eigenvalue weighted by molar-refractivity contribution is 0.112. The molecule has 0 aliphatic heterocycles. The normalized spacial score (nSPS) is 10.6. The summed E-state index contributed by atoms with van der Waals surface area (Å²) in [6.45, 7) is 5.07. The Kier molecular flexibility index (Phi) is 4.96. The summed E-state index contributed by atoms with van der Waals surface area (Å²) in [5.41, 5.74) is 2.92. The van der Waals surface area contributed by atoms with Gasteiger partial charge in [-0.1, -0.05) is 46.3 Å². The number of hydrogen-bond acceptors (Lipinski definition) is 2. The minimum Gasteiger partial charge on any atom is -0.364 e. The summed E-state index contributed by atoms with van der Waals surface area (Å²) in [4.78, 5) is 13.6. The molecule has 0 N–H and O–H groups in total. The van der Waals surface area contributed by atoms with Crippen molar-refractivity contribution >= 4 is 27.9 Å². The summed E-state index contributed by atoms with van der Waals surface area (Å²) >= 11 is 3.41. The maximum absolute atomic E-state index is 11.3. The minimum absolute atomic E-state index is 0.315. The van der Waals surface area contributed by atoms with Gasteiger partial charge in [-0.15, -0.1) is 0 Å². The van der Waals surface area contributed by atoms with E-state index < -0.39 is 0 Å². The zero-order valence-corrected chi connectivity index (χ0v) is 13.3. The van der Waals surface area contributed by atoms with Gasteiger partial charge in [-0.05, 0) is 37.6 Å². The molecular weight excluding hydrogens is 314 g/mol. The van der Waals surface area contributed by atoms with Crippen molar-refractivity contribution in [1.29, 1.82) is 0 Å². The molecule has 0 aliphatic carbocycles. The Labute approximate surface area is 128 Å². The molecule has 0 unspecified atom stereocenters. The highest BCUT2D eigenvalue weighted by atomic mass is 79.9. The lowest BCUT2D eigenvalue weighted by Gasteiger charge is -2.30. The van der Waals surface area contributed by atoms with E-state index >= 15 is 0 Å². The molecule has 0 aliphatic rings. The Morgan fingerprint density at radius 1 is 1.15 bits per heavy atom. The molecule has 3 heteroatoms. The van der Waals surface area contributed by atoms with Crippen LogP contribution in [0.15, 0.2) is 53.0 Å². The van der Waals surface area contributed by atoms with Crippen LogP contribution in [0.5, 0.6) is 0 Å². The van der Waals surface area contributed by atoms with Gasteiger partial charge in [0.2, 0.25) is 0 Å². The molecule has 0 atom stereocenters. The van der Waals surface area contributed by atoms with Gasteiger partial charge >= 0.3 is 0 Å². The zero-order valence-electron chi connectivity index (χ0n) is 11.7. The van der Waals surface area contributed by atoms with Crippen molar-refractivity contribution in [2.24, 2.45) is 0 Å². The lowest BCUT2D eigenvalue weighted by atomic mass is 10.1. The van der Waals surface area contributed by atoms with Crippen molar-refractivity contribution in [3.63, 3.8) is 0 Å². The van der Waals surface area contributed by atoms with Gasteiger partial charge in [0.05, 0.1) is 0 Å². The van der Waals surface area contributed by atoms with Crippen LogP contribution in [0.2, 0.25) is 0 Å². The van der Waals surface area contributed by atoms with E-state index in [1.807, 2.05) is 36.4 Å². The van der Waals surface area contributed by atoms with Gasteiger partial charge in [-0.2, -0.15) is 0 Å². The van der Waals surface area contributed by atoms with Crippen LogP contribution in [0.3, 0.4) is 0 Å². The van der Waals surface area contributed by atoms with Crippen molar-refractivity contribution in [3.8, 4) is 0 Å². The zero-order chi connectivity index (χ0) is 14.5. The van der Waals surface area contributed by atoms with Gasteiger partial charge in [0.1, 0.15) is 0 Å². The Hall–Kier alpha value is -1.61. The first kappa shape index (κ1) is 14.8. The van der Waals surface area contributed by atoms with E-state index in [-0.39, 0.29) is 0 Å². The molecule has 2 rings (SSSR count). The van der Waals surface area contributed by atoms with Crippen molar-refractivity contribution in [2.45, 2.75) is 26.4 Å². The van der Waals surface area contributed by atoms with E-state index in [0.29, 0.717) is 11.6 Å². The molecule has 0 saturated carbocycles. The molecule has 0 saturated heterocycles. The molecule has 0 amide bonds. The summed E-state index contributed by atoms with van der Waals surface area (Å²) in [5, 5.41) is 0. The van der Waals surface area contributed by atoms with Crippen LogP contribution in [-0.4, -0.2) is 12.3 Å². The monoisotopic (exact) mass is 331 g/mol. The first-order valence-electron chi connectivity index (χ1n) is 6.67. The second kappa shape index (κ2) is 6.71. The molecule has 0 aromatic heterocycles. The maximum Gasteiger partial charge on any atom is 0.152 e. The number of carbonyl (C=O) groups excluding carboxylic acids is 1. The summed E-state index contributed by atoms with van der Waals surface area (Å²) in [6, 6.07) is 16.5. The Morgan fingerprint density at radius 3 is 2.45 bits per heavy atom. The molecule has 2 nitrogen and oxygen atoms in total. The molecule has 0 radical (unpaired) electrons. The van der Waals surface area contributed by atoms with Crippen molar-refractivity contribution in [3.05, 3.63) is 64.1 Å². The topological polar surface area (TPSA) is 20.3 Å². The lowest BCUT2D eigenvalue weighted by Crippen LogP contribution is -2.31. The van der Waals surface area contributed by atoms with E-state index in [9.17, 15) is 4.79 Å². The van der Waals surface area contributed by atoms with Crippen LogP contribution in [0.25, 0.3) is 0 Å². The largest absolute Gasteiger partial charge is 0.364 e. The van der Waals surface area contributed by atoms with E-state index in [4.69, 9.17) is 0 Å². The molecule has 0 spiro atoms. The minimum atomic E-state index is 0.315. The Balaban J connectivity index is 2.36. The van der Waals surface area contributed by atoms with Crippen LogP contribution >= 0.6 is 15.9 Å². The number of halogens is 1. The fourth-order valence-corrected chi connectivity index (χ4v) is 2.59. The summed E-state index contributed by atoms with van der Waals surface area (Å²) in [5.74, 6) is 0. The molecule has 104 valence electrons. The molecule has 20 heavy (non-hydrogen) atoms. The molecular formula is C17H18BrNO. The quantitative estimate of drug-likeness (QED) is 0.741. The van der Waals surface area contributed by atoms with Gasteiger partial charge in [0.25, 0.3) is 0 Å². The van der Waals surface area contributed by atoms with E-state index in [1.165, 1.54) is 5.56 Å². The standard InChI is InChI=1S/C17H18BrNO/c1-13(2)19(11-14-6-4-3-5-7-14)17-9-8-16(18)10-15(17)12-20/h3-10,12-13H,11H2,1-2H3. The number of benzene rings is 2. The van der Waals surface area contributed by atoms with Crippen LogP contribution in [-0.2, 0) is 6.54 Å². The number of anilines is 1. The number of aldehydes is 1. The highest BCUT2D eigenvalue weighted by molar-refractivity contribution is 9.10. The second-order valence-electron chi connectivity index (χ2n) is 5.03. The van der Waals surface area contributed by atoms with E-state index in [1.54, 1.807) is 0 Å². The van der Waals surface area contributed by atoms with Crippen molar-refractivity contribution < 1.29 is 4.79 Å². The number of carbonyl (C=O) groups is 1. The van der Waals surface area contributed by atoms with Gasteiger partial charge < -0.3 is 4.90 Å². The smallest absolute Gasteiger partial charge is 0.152 e. The van der Waals surface area contributed by atoms with Gasteiger partial charge in [-0.25, -0.2) is 0 Å². The molecule has 0 heterocycles. The maximum atomic E-state index is 11.3. The number of nitrogens with zero attached hydrogens (tertiary/aromatic N) is 1. The van der Waals surface area contributed by atoms with E-state index in [2.05, 4.69) is 46.8 Å². The Morgan fingerprint density at radius 2 is 1.85 bits per heavy atom. The van der Waals surface area contributed by atoms with Crippen LogP contribution in [0.1, 0.15) is 29.8 Å². The highest BCUT2D eigenvalue weighted by Gasteiger charge is 2.15. The fraction of sp³-hybridized carbons (Fsp3) is 0.235. The molecule has 0 bridgehead atoms. The van der Waals surface area contributed by atoms with Crippen molar-refractivity contribution in [2.75, 3.05) is 4.90 Å². The SMILES string of the molecule is CC(C)N(Cc1ccccc1)c1ccc(Br)cc1C=O. The van der Waals surface area contributed by atoms with Crippen LogP contribution in [0, 0.1) is 0 Å². The summed E-state index contributed by atoms with van der Waals surface area (Å²) in [7, 11) is 0. The summed E-state index contributed by atoms with van der Waals surface area (Å²) < 4.78 is 0.923. The molecule has 2 aromatic rings. The summed E-state index contributed by atoms with van der Waals surface area (Å²) in [6.07, 6.45) is 0.917. The van der Waals surface area contributed by atoms with Gasteiger partial charge in [-0.3, -0.25) is 4.79 Å². The average Bonchev–Trinajstić information content (AvgIpc) is 2.46. The predicted octanol–water partition coefficient (Wildman–Crippen LogP) is 4.68. The second-order valence-corrected chi connectivity index (χ2v) is 5.94. The molecule has 0 fully saturated rings.